The Morgan fingerprint density at radius 1 is 1.14 bits per heavy atom. The van der Waals surface area contributed by atoms with Crippen molar-refractivity contribution in [2.45, 2.75) is 24.3 Å². The Balaban J connectivity index is 1.51. The molecule has 0 radical (unpaired) electrons. The van der Waals surface area contributed by atoms with Gasteiger partial charge >= 0.3 is 0 Å². The van der Waals surface area contributed by atoms with Gasteiger partial charge in [0.25, 0.3) is 5.69 Å². The first-order chi connectivity index (χ1) is 17.8. The summed E-state index contributed by atoms with van der Waals surface area (Å²) in [6.45, 7) is 1.03. The van der Waals surface area contributed by atoms with E-state index in [2.05, 4.69) is 16.6 Å². The lowest BCUT2D eigenvalue weighted by atomic mass is 10.1. The predicted octanol–water partition coefficient (Wildman–Crippen LogP) is 4.93. The van der Waals surface area contributed by atoms with Crippen molar-refractivity contribution in [2.24, 2.45) is 5.10 Å². The molecule has 0 amide bonds. The average Bonchev–Trinajstić information content (AvgIpc) is 3.45. The third-order valence-corrected chi connectivity index (χ3v) is 7.84. The highest BCUT2D eigenvalue weighted by molar-refractivity contribution is 7.89. The molecule has 0 aliphatic carbocycles. The maximum atomic E-state index is 12.8. The molecule has 0 bridgehead atoms. The van der Waals surface area contributed by atoms with Crippen molar-refractivity contribution in [3.8, 4) is 11.8 Å². The van der Waals surface area contributed by atoms with Crippen LogP contribution in [-0.4, -0.2) is 37.0 Å². The summed E-state index contributed by atoms with van der Waals surface area (Å²) in [5.74, 6) is 0.473. The topological polar surface area (TPSA) is 138 Å². The Labute approximate surface area is 218 Å². The Kier molecular flexibility index (Phi) is 8.03. The molecule has 0 spiro atoms. The van der Waals surface area contributed by atoms with Gasteiger partial charge in [0, 0.05) is 29.7 Å². The standard InChI is InChI=1S/C25H22ClN5O5S/c26-21-7-10-25(36-17-19-5-3-18(15-27)4-6-19)20(13-21)16-28-29-23-9-8-22(14-24(23)31(32)33)37(34,35)30-11-1-2-12-30/h3-10,13-14,16,29H,1-2,11-12,17H2/b28-16-. The first-order valence-corrected chi connectivity index (χ1v) is 13.1. The summed E-state index contributed by atoms with van der Waals surface area (Å²) in [5, 5.41) is 25.1. The lowest BCUT2D eigenvalue weighted by Gasteiger charge is -2.15. The monoisotopic (exact) mass is 539 g/mol. The highest BCUT2D eigenvalue weighted by Crippen LogP contribution is 2.30. The molecule has 37 heavy (non-hydrogen) atoms. The van der Waals surface area contributed by atoms with Crippen LogP contribution in [0.3, 0.4) is 0 Å². The van der Waals surface area contributed by atoms with Crippen LogP contribution in [0.5, 0.6) is 5.75 Å². The van der Waals surface area contributed by atoms with Gasteiger partial charge in [-0.15, -0.1) is 0 Å². The summed E-state index contributed by atoms with van der Waals surface area (Å²) in [7, 11) is -3.80. The van der Waals surface area contributed by atoms with Crippen LogP contribution in [0, 0.1) is 21.4 Å². The molecule has 1 heterocycles. The molecule has 3 aromatic carbocycles. The molecule has 1 saturated heterocycles. The minimum absolute atomic E-state index is 0.0312. The number of sulfonamides is 1. The molecule has 0 aromatic heterocycles. The average molecular weight is 540 g/mol. The molecule has 190 valence electrons. The summed E-state index contributed by atoms with van der Waals surface area (Å²) in [6.07, 6.45) is 2.93. The maximum absolute atomic E-state index is 12.8. The van der Waals surface area contributed by atoms with Crippen LogP contribution in [0.2, 0.25) is 5.02 Å². The molecule has 0 unspecified atom stereocenters. The highest BCUT2D eigenvalue weighted by Gasteiger charge is 2.29. The summed E-state index contributed by atoms with van der Waals surface area (Å²) in [6, 6.07) is 17.7. The van der Waals surface area contributed by atoms with Gasteiger partial charge in [0.05, 0.1) is 27.7 Å². The van der Waals surface area contributed by atoms with Gasteiger partial charge in [0.2, 0.25) is 10.0 Å². The van der Waals surface area contributed by atoms with Crippen LogP contribution < -0.4 is 10.2 Å². The second-order valence-electron chi connectivity index (χ2n) is 8.20. The highest BCUT2D eigenvalue weighted by atomic mass is 35.5. The number of hydrazone groups is 1. The number of anilines is 1. The van der Waals surface area contributed by atoms with E-state index in [1.54, 1.807) is 42.5 Å². The van der Waals surface area contributed by atoms with Crippen molar-refractivity contribution in [3.05, 3.63) is 92.5 Å². The fraction of sp³-hybridized carbons (Fsp3) is 0.200. The second-order valence-corrected chi connectivity index (χ2v) is 10.6. The molecule has 4 rings (SSSR count). The summed E-state index contributed by atoms with van der Waals surface area (Å²) in [4.78, 5) is 10.9. The number of hydrogen-bond acceptors (Lipinski definition) is 8. The van der Waals surface area contributed by atoms with E-state index in [0.717, 1.165) is 24.5 Å². The van der Waals surface area contributed by atoms with Crippen molar-refractivity contribution >= 4 is 39.2 Å². The SMILES string of the molecule is N#Cc1ccc(COc2ccc(Cl)cc2/C=N\Nc2ccc(S(=O)(=O)N3CCCC3)cc2[N+](=O)[O-])cc1. The van der Waals surface area contributed by atoms with Gasteiger partial charge in [-0.3, -0.25) is 15.5 Å². The number of rotatable bonds is 9. The van der Waals surface area contributed by atoms with Crippen LogP contribution in [0.25, 0.3) is 0 Å². The van der Waals surface area contributed by atoms with E-state index in [9.17, 15) is 18.5 Å². The number of benzene rings is 3. The molecular formula is C25H22ClN5O5S. The van der Waals surface area contributed by atoms with E-state index in [1.807, 2.05) is 0 Å². The van der Waals surface area contributed by atoms with Crippen molar-refractivity contribution in [3.63, 3.8) is 0 Å². The fourth-order valence-electron chi connectivity index (χ4n) is 3.75. The number of nitrogens with zero attached hydrogens (tertiary/aromatic N) is 4. The minimum atomic E-state index is -3.80. The number of nitriles is 1. The van der Waals surface area contributed by atoms with Crippen LogP contribution in [0.1, 0.15) is 29.5 Å². The number of hydrogen-bond donors (Lipinski definition) is 1. The number of nitro benzene ring substituents is 1. The molecule has 1 N–H and O–H groups in total. The summed E-state index contributed by atoms with van der Waals surface area (Å²) < 4.78 is 32.8. The van der Waals surface area contributed by atoms with E-state index in [4.69, 9.17) is 21.6 Å². The van der Waals surface area contributed by atoms with Crippen LogP contribution >= 0.6 is 11.6 Å². The number of nitro groups is 1. The molecule has 1 fully saturated rings. The Morgan fingerprint density at radius 3 is 2.54 bits per heavy atom. The van der Waals surface area contributed by atoms with E-state index in [-0.39, 0.29) is 17.2 Å². The minimum Gasteiger partial charge on any atom is -0.488 e. The van der Waals surface area contributed by atoms with E-state index in [1.165, 1.54) is 22.7 Å². The van der Waals surface area contributed by atoms with Crippen molar-refractivity contribution < 1.29 is 18.1 Å². The molecule has 12 heteroatoms. The zero-order valence-corrected chi connectivity index (χ0v) is 21.1. The molecule has 3 aromatic rings. The third kappa shape index (κ3) is 6.24. The molecular weight excluding hydrogens is 518 g/mol. The Bertz CT molecular complexity index is 1480. The van der Waals surface area contributed by atoms with Gasteiger partial charge in [-0.1, -0.05) is 23.7 Å². The van der Waals surface area contributed by atoms with Gasteiger partial charge in [0.1, 0.15) is 18.0 Å². The van der Waals surface area contributed by atoms with Gasteiger partial charge < -0.3 is 4.74 Å². The van der Waals surface area contributed by atoms with Gasteiger partial charge in [0.15, 0.2) is 0 Å². The molecule has 10 nitrogen and oxygen atoms in total. The van der Waals surface area contributed by atoms with Crippen molar-refractivity contribution in [1.82, 2.24) is 4.31 Å². The Morgan fingerprint density at radius 2 is 1.86 bits per heavy atom. The number of halogens is 1. The Hall–Kier alpha value is -3.98. The largest absolute Gasteiger partial charge is 0.488 e. The van der Waals surface area contributed by atoms with Crippen molar-refractivity contribution in [1.29, 1.82) is 5.26 Å². The van der Waals surface area contributed by atoms with Crippen LogP contribution in [-0.2, 0) is 16.6 Å². The fourth-order valence-corrected chi connectivity index (χ4v) is 5.47. The summed E-state index contributed by atoms with van der Waals surface area (Å²) in [5.41, 5.74) is 4.15. The molecule has 0 atom stereocenters. The third-order valence-electron chi connectivity index (χ3n) is 5.71. The van der Waals surface area contributed by atoms with E-state index in [0.29, 0.717) is 35.0 Å². The van der Waals surface area contributed by atoms with Crippen LogP contribution in [0.15, 0.2) is 70.7 Å². The lowest BCUT2D eigenvalue weighted by molar-refractivity contribution is -0.384. The normalized spacial score (nSPS) is 13.9. The smallest absolute Gasteiger partial charge is 0.295 e. The number of ether oxygens (including phenoxy) is 1. The lowest BCUT2D eigenvalue weighted by Crippen LogP contribution is -2.27. The van der Waals surface area contributed by atoms with Gasteiger partial charge in [-0.05, 0) is 60.9 Å². The van der Waals surface area contributed by atoms with Crippen LogP contribution in [0.4, 0.5) is 11.4 Å². The second kappa shape index (κ2) is 11.4. The van der Waals surface area contributed by atoms with Gasteiger partial charge in [-0.2, -0.15) is 14.7 Å². The van der Waals surface area contributed by atoms with E-state index >= 15 is 0 Å². The molecule has 1 aliphatic rings. The van der Waals surface area contributed by atoms with Crippen molar-refractivity contribution in [2.75, 3.05) is 18.5 Å². The number of nitrogens with one attached hydrogen (secondary N) is 1. The zero-order valence-electron chi connectivity index (χ0n) is 19.5. The van der Waals surface area contributed by atoms with E-state index < -0.39 is 20.6 Å². The van der Waals surface area contributed by atoms with Gasteiger partial charge in [-0.25, -0.2) is 8.42 Å². The molecule has 1 aliphatic heterocycles. The first kappa shape index (κ1) is 26.1. The maximum Gasteiger partial charge on any atom is 0.295 e. The quantitative estimate of drug-likeness (QED) is 0.231. The summed E-state index contributed by atoms with van der Waals surface area (Å²) >= 11 is 6.13. The predicted molar refractivity (Wildman–Crippen MR) is 139 cm³/mol. The molecule has 0 saturated carbocycles. The first-order valence-electron chi connectivity index (χ1n) is 11.3. The zero-order chi connectivity index (χ0) is 26.4.